The van der Waals surface area contributed by atoms with Crippen molar-refractivity contribution in [1.29, 1.82) is 5.26 Å². The molecule has 0 aliphatic rings. The van der Waals surface area contributed by atoms with Crippen molar-refractivity contribution in [3.8, 4) is 17.6 Å². The van der Waals surface area contributed by atoms with Crippen LogP contribution in [0.4, 0.5) is 11.5 Å². The van der Waals surface area contributed by atoms with Gasteiger partial charge in [-0.25, -0.2) is 4.98 Å². The Kier molecular flexibility index (Phi) is 5.16. The van der Waals surface area contributed by atoms with Crippen LogP contribution in [0.25, 0.3) is 0 Å². The number of methoxy groups -OCH3 is 2. The van der Waals surface area contributed by atoms with Crippen LogP contribution in [0.15, 0.2) is 30.3 Å². The molecule has 2 aromatic rings. The van der Waals surface area contributed by atoms with Gasteiger partial charge in [-0.1, -0.05) is 6.07 Å². The van der Waals surface area contributed by atoms with Crippen molar-refractivity contribution in [2.45, 2.75) is 13.0 Å². The number of anilines is 1. The molecule has 1 aromatic heterocycles. The van der Waals surface area contributed by atoms with Gasteiger partial charge in [0.05, 0.1) is 25.2 Å². The van der Waals surface area contributed by atoms with Crippen molar-refractivity contribution in [2.24, 2.45) is 0 Å². The first kappa shape index (κ1) is 17.0. The fourth-order valence-corrected chi connectivity index (χ4v) is 2.19. The van der Waals surface area contributed by atoms with Gasteiger partial charge in [-0.15, -0.1) is 0 Å². The molecular weight excluding hydrogens is 312 g/mol. The van der Waals surface area contributed by atoms with E-state index in [1.165, 1.54) is 12.1 Å². The van der Waals surface area contributed by atoms with E-state index in [1.54, 1.807) is 26.4 Å². The zero-order valence-electron chi connectivity index (χ0n) is 13.4. The number of nitrogens with one attached hydrogen (secondary N) is 1. The summed E-state index contributed by atoms with van der Waals surface area (Å²) in [4.78, 5) is 14.2. The maximum atomic E-state index is 10.8. The molecule has 0 aliphatic carbocycles. The van der Waals surface area contributed by atoms with Gasteiger partial charge in [0.15, 0.2) is 11.5 Å². The zero-order chi connectivity index (χ0) is 17.7. The number of hydrogen-bond acceptors (Lipinski definition) is 7. The highest BCUT2D eigenvalue weighted by molar-refractivity contribution is 5.52. The number of nitrogens with zero attached hydrogens (tertiary/aromatic N) is 3. The van der Waals surface area contributed by atoms with Crippen LogP contribution in [-0.2, 0) is 0 Å². The minimum atomic E-state index is -0.632. The average molecular weight is 328 g/mol. The van der Waals surface area contributed by atoms with Crippen LogP contribution in [-0.4, -0.2) is 24.1 Å². The van der Waals surface area contributed by atoms with E-state index >= 15 is 0 Å². The summed E-state index contributed by atoms with van der Waals surface area (Å²) >= 11 is 0. The Morgan fingerprint density at radius 1 is 1.25 bits per heavy atom. The maximum Gasteiger partial charge on any atom is 0.305 e. The number of benzene rings is 1. The summed E-state index contributed by atoms with van der Waals surface area (Å²) in [5.74, 6) is 1.59. The lowest BCUT2D eigenvalue weighted by atomic mass is 10.1. The van der Waals surface area contributed by atoms with Crippen LogP contribution in [0, 0.1) is 21.4 Å². The van der Waals surface area contributed by atoms with Gasteiger partial charge < -0.3 is 14.8 Å². The van der Waals surface area contributed by atoms with Gasteiger partial charge in [-0.3, -0.25) is 10.1 Å². The van der Waals surface area contributed by atoms with E-state index < -0.39 is 4.92 Å². The fraction of sp³-hybridized carbons (Fsp3) is 0.250. The Morgan fingerprint density at radius 3 is 2.54 bits per heavy atom. The molecule has 0 saturated heterocycles. The van der Waals surface area contributed by atoms with Crippen molar-refractivity contribution in [3.05, 3.63) is 51.7 Å². The molecule has 1 N–H and O–H groups in total. The van der Waals surface area contributed by atoms with Crippen LogP contribution in [0.5, 0.6) is 11.5 Å². The maximum absolute atomic E-state index is 10.8. The number of nitriles is 1. The number of rotatable bonds is 6. The van der Waals surface area contributed by atoms with Crippen LogP contribution >= 0.6 is 0 Å². The summed E-state index contributed by atoms with van der Waals surface area (Å²) < 4.78 is 10.5. The monoisotopic (exact) mass is 328 g/mol. The van der Waals surface area contributed by atoms with Gasteiger partial charge in [0.25, 0.3) is 0 Å². The number of hydrogen-bond donors (Lipinski definition) is 1. The lowest BCUT2D eigenvalue weighted by Gasteiger charge is -2.17. The summed E-state index contributed by atoms with van der Waals surface area (Å²) in [5.41, 5.74) is 0.359. The highest BCUT2D eigenvalue weighted by Crippen LogP contribution is 2.31. The molecule has 0 aliphatic heterocycles. The molecule has 0 spiro atoms. The molecule has 0 fully saturated rings. The Hall–Kier alpha value is -3.34. The van der Waals surface area contributed by atoms with E-state index in [9.17, 15) is 10.1 Å². The quantitative estimate of drug-likeness (QED) is 0.641. The minimum Gasteiger partial charge on any atom is -0.493 e. The molecule has 24 heavy (non-hydrogen) atoms. The molecule has 8 nitrogen and oxygen atoms in total. The summed E-state index contributed by atoms with van der Waals surface area (Å²) in [6.07, 6.45) is 0. The van der Waals surface area contributed by atoms with Crippen molar-refractivity contribution in [2.75, 3.05) is 19.5 Å². The first-order valence-electron chi connectivity index (χ1n) is 7.04. The molecule has 0 bridgehead atoms. The molecule has 0 radical (unpaired) electrons. The Morgan fingerprint density at radius 2 is 1.96 bits per heavy atom. The van der Waals surface area contributed by atoms with Gasteiger partial charge >= 0.3 is 5.69 Å². The number of pyridine rings is 1. The lowest BCUT2D eigenvalue weighted by Crippen LogP contribution is -2.09. The topological polar surface area (TPSA) is 110 Å². The van der Waals surface area contributed by atoms with Crippen LogP contribution in [0.1, 0.15) is 24.2 Å². The number of aromatic nitrogens is 1. The zero-order valence-corrected chi connectivity index (χ0v) is 13.4. The third-order valence-corrected chi connectivity index (χ3v) is 3.45. The van der Waals surface area contributed by atoms with E-state index in [-0.39, 0.29) is 17.4 Å². The summed E-state index contributed by atoms with van der Waals surface area (Å²) in [6, 6.07) is 9.79. The summed E-state index contributed by atoms with van der Waals surface area (Å²) in [6.45, 7) is 1.90. The van der Waals surface area contributed by atoms with Gasteiger partial charge in [0.2, 0.25) is 5.69 Å². The van der Waals surface area contributed by atoms with Gasteiger partial charge in [0, 0.05) is 6.07 Å². The second-order valence-corrected chi connectivity index (χ2v) is 4.91. The highest BCUT2D eigenvalue weighted by Gasteiger charge is 2.17. The lowest BCUT2D eigenvalue weighted by molar-refractivity contribution is -0.385. The average Bonchev–Trinajstić information content (AvgIpc) is 2.60. The molecule has 0 amide bonds. The second-order valence-electron chi connectivity index (χ2n) is 4.91. The van der Waals surface area contributed by atoms with Crippen molar-refractivity contribution < 1.29 is 14.4 Å². The van der Waals surface area contributed by atoms with Crippen molar-refractivity contribution in [3.63, 3.8) is 0 Å². The summed E-state index contributed by atoms with van der Waals surface area (Å²) in [7, 11) is 3.11. The minimum absolute atomic E-state index is 0.162. The standard InChI is InChI=1S/C16H16N4O4/c1-10(11-4-6-14(23-2)15(8-11)24-3)18-16-7-5-13(20(21)22)12(9-17)19-16/h4-8,10H,1-3H3,(H,18,19). The molecular formula is C16H16N4O4. The molecule has 1 heterocycles. The third kappa shape index (κ3) is 3.52. The molecule has 124 valence electrons. The fourth-order valence-electron chi connectivity index (χ4n) is 2.19. The SMILES string of the molecule is COc1ccc(C(C)Nc2ccc([N+](=O)[O-])c(C#N)n2)cc1OC. The molecule has 1 unspecified atom stereocenters. The first-order chi connectivity index (χ1) is 11.5. The molecule has 2 rings (SSSR count). The second kappa shape index (κ2) is 7.28. The Balaban J connectivity index is 2.25. The first-order valence-corrected chi connectivity index (χ1v) is 7.04. The molecule has 1 aromatic carbocycles. The van der Waals surface area contributed by atoms with Gasteiger partial charge in [0.1, 0.15) is 11.9 Å². The van der Waals surface area contributed by atoms with Gasteiger partial charge in [-0.05, 0) is 30.7 Å². The van der Waals surface area contributed by atoms with Crippen molar-refractivity contribution >= 4 is 11.5 Å². The molecule has 8 heteroatoms. The Bertz CT molecular complexity index is 801. The van der Waals surface area contributed by atoms with E-state index in [0.717, 1.165) is 5.56 Å². The Labute approximate surface area is 138 Å². The molecule has 1 atom stereocenters. The number of nitro groups is 1. The largest absolute Gasteiger partial charge is 0.493 e. The van der Waals surface area contributed by atoms with Gasteiger partial charge in [-0.2, -0.15) is 5.26 Å². The highest BCUT2D eigenvalue weighted by atomic mass is 16.6. The van der Waals surface area contributed by atoms with E-state index in [1.807, 2.05) is 19.1 Å². The molecule has 0 saturated carbocycles. The third-order valence-electron chi connectivity index (χ3n) is 3.45. The summed E-state index contributed by atoms with van der Waals surface area (Å²) in [5, 5.41) is 22.9. The van der Waals surface area contributed by atoms with E-state index in [0.29, 0.717) is 17.3 Å². The van der Waals surface area contributed by atoms with Crippen LogP contribution < -0.4 is 14.8 Å². The van der Waals surface area contributed by atoms with E-state index in [4.69, 9.17) is 14.7 Å². The normalized spacial score (nSPS) is 11.2. The smallest absolute Gasteiger partial charge is 0.305 e. The van der Waals surface area contributed by atoms with E-state index in [2.05, 4.69) is 10.3 Å². The van der Waals surface area contributed by atoms with Crippen LogP contribution in [0.3, 0.4) is 0 Å². The van der Waals surface area contributed by atoms with Crippen molar-refractivity contribution in [1.82, 2.24) is 4.98 Å². The predicted octanol–water partition coefficient (Wildman–Crippen LogP) is 3.05. The predicted molar refractivity (Wildman–Crippen MR) is 87.2 cm³/mol. The van der Waals surface area contributed by atoms with Crippen LogP contribution in [0.2, 0.25) is 0 Å². The number of ether oxygens (including phenoxy) is 2.